The highest BCUT2D eigenvalue weighted by atomic mass is 32.2. The molecule has 0 unspecified atom stereocenters. The van der Waals surface area contributed by atoms with Crippen LogP contribution >= 0.6 is 23.1 Å². The van der Waals surface area contributed by atoms with Crippen molar-refractivity contribution >= 4 is 44.9 Å². The number of aromatic nitrogens is 2. The fourth-order valence-corrected chi connectivity index (χ4v) is 5.10. The summed E-state index contributed by atoms with van der Waals surface area (Å²) < 4.78 is 2.24. The average Bonchev–Trinajstić information content (AvgIpc) is 3.22. The standard InChI is InChI=1S/C25H25N3O2S2/c1-15(2)18-6-8-19(9-7-18)26-22(29)14-32-25-27-20-11-12-31-23(20)24(30)28(25)21-10-5-16(3)13-17(21)4/h5-13,15H,14H2,1-4H3,(H,26,29). The van der Waals surface area contributed by atoms with Crippen molar-refractivity contribution in [3.8, 4) is 5.69 Å². The highest BCUT2D eigenvalue weighted by Gasteiger charge is 2.17. The maximum absolute atomic E-state index is 13.3. The third-order valence-corrected chi connectivity index (χ3v) is 7.07. The van der Waals surface area contributed by atoms with Crippen LogP contribution < -0.4 is 10.9 Å². The molecule has 2 aromatic heterocycles. The summed E-state index contributed by atoms with van der Waals surface area (Å²) in [5.41, 5.74) is 5.44. The minimum atomic E-state index is -0.140. The fourth-order valence-electron chi connectivity index (χ4n) is 3.54. The number of amides is 1. The summed E-state index contributed by atoms with van der Waals surface area (Å²) >= 11 is 2.65. The lowest BCUT2D eigenvalue weighted by molar-refractivity contribution is -0.113. The van der Waals surface area contributed by atoms with E-state index >= 15 is 0 Å². The second-order valence-corrected chi connectivity index (χ2v) is 9.93. The van der Waals surface area contributed by atoms with Crippen LogP contribution in [0, 0.1) is 13.8 Å². The molecule has 0 fully saturated rings. The Balaban J connectivity index is 1.61. The van der Waals surface area contributed by atoms with Crippen LogP contribution in [0.4, 0.5) is 5.69 Å². The van der Waals surface area contributed by atoms with Crippen LogP contribution in [0.5, 0.6) is 0 Å². The minimum Gasteiger partial charge on any atom is -0.325 e. The van der Waals surface area contributed by atoms with Crippen molar-refractivity contribution in [2.75, 3.05) is 11.1 Å². The van der Waals surface area contributed by atoms with Crippen LogP contribution in [0.25, 0.3) is 15.9 Å². The van der Waals surface area contributed by atoms with Gasteiger partial charge in [-0.2, -0.15) is 0 Å². The summed E-state index contributed by atoms with van der Waals surface area (Å²) in [5, 5.41) is 5.31. The van der Waals surface area contributed by atoms with Crippen molar-refractivity contribution in [1.82, 2.24) is 9.55 Å². The molecule has 0 spiro atoms. The summed E-state index contributed by atoms with van der Waals surface area (Å²) in [6, 6.07) is 15.7. The van der Waals surface area contributed by atoms with Gasteiger partial charge in [-0.15, -0.1) is 11.3 Å². The van der Waals surface area contributed by atoms with Crippen molar-refractivity contribution in [3.63, 3.8) is 0 Å². The third kappa shape index (κ3) is 4.64. The van der Waals surface area contributed by atoms with E-state index in [1.54, 1.807) is 4.57 Å². The Labute approximate surface area is 195 Å². The number of hydrogen-bond donors (Lipinski definition) is 1. The number of thioether (sulfide) groups is 1. The summed E-state index contributed by atoms with van der Waals surface area (Å²) in [7, 11) is 0. The number of carbonyl (C=O) groups excluding carboxylic acids is 1. The monoisotopic (exact) mass is 463 g/mol. The lowest BCUT2D eigenvalue weighted by Crippen LogP contribution is -2.23. The molecular weight excluding hydrogens is 438 g/mol. The van der Waals surface area contributed by atoms with E-state index in [9.17, 15) is 9.59 Å². The van der Waals surface area contributed by atoms with Gasteiger partial charge in [0.1, 0.15) is 4.70 Å². The van der Waals surface area contributed by atoms with E-state index in [1.165, 1.54) is 28.7 Å². The van der Waals surface area contributed by atoms with Gasteiger partial charge in [-0.1, -0.05) is 55.4 Å². The molecular formula is C25H25N3O2S2. The SMILES string of the molecule is Cc1ccc(-n2c(SCC(=O)Nc3ccc(C(C)C)cc3)nc3ccsc3c2=O)c(C)c1. The van der Waals surface area contributed by atoms with Gasteiger partial charge in [-0.3, -0.25) is 14.2 Å². The highest BCUT2D eigenvalue weighted by molar-refractivity contribution is 7.99. The number of nitrogens with one attached hydrogen (secondary N) is 1. The Hall–Kier alpha value is -2.90. The van der Waals surface area contributed by atoms with Gasteiger partial charge in [-0.05, 0) is 60.5 Å². The van der Waals surface area contributed by atoms with Crippen molar-refractivity contribution in [2.45, 2.75) is 38.8 Å². The number of nitrogens with zero attached hydrogens (tertiary/aromatic N) is 2. The van der Waals surface area contributed by atoms with Gasteiger partial charge < -0.3 is 5.32 Å². The van der Waals surface area contributed by atoms with Gasteiger partial charge in [-0.25, -0.2) is 4.98 Å². The maximum atomic E-state index is 13.3. The van der Waals surface area contributed by atoms with Crippen molar-refractivity contribution < 1.29 is 4.79 Å². The lowest BCUT2D eigenvalue weighted by Gasteiger charge is -2.15. The van der Waals surface area contributed by atoms with Crippen molar-refractivity contribution in [3.05, 3.63) is 81.0 Å². The van der Waals surface area contributed by atoms with E-state index in [-0.39, 0.29) is 17.2 Å². The number of rotatable bonds is 6. The average molecular weight is 464 g/mol. The Kier molecular flexibility index (Phi) is 6.48. The molecule has 0 aliphatic carbocycles. The largest absolute Gasteiger partial charge is 0.325 e. The molecule has 5 nitrogen and oxygen atoms in total. The number of anilines is 1. The molecule has 0 radical (unpaired) electrons. The van der Waals surface area contributed by atoms with Crippen LogP contribution in [0.2, 0.25) is 0 Å². The van der Waals surface area contributed by atoms with Gasteiger partial charge in [0.2, 0.25) is 5.91 Å². The molecule has 4 rings (SSSR count). The molecule has 0 saturated carbocycles. The first-order valence-electron chi connectivity index (χ1n) is 10.4. The molecule has 2 heterocycles. The number of carbonyl (C=O) groups is 1. The van der Waals surface area contributed by atoms with Gasteiger partial charge >= 0.3 is 0 Å². The van der Waals surface area contributed by atoms with E-state index in [2.05, 4.69) is 19.2 Å². The lowest BCUT2D eigenvalue weighted by atomic mass is 10.0. The molecule has 1 N–H and O–H groups in total. The number of fused-ring (bicyclic) bond motifs is 1. The van der Waals surface area contributed by atoms with Crippen LogP contribution in [0.3, 0.4) is 0 Å². The van der Waals surface area contributed by atoms with Gasteiger partial charge in [0.05, 0.1) is 17.0 Å². The normalized spacial score (nSPS) is 11.3. The zero-order chi connectivity index (χ0) is 22.8. The Bertz CT molecular complexity index is 1340. The topological polar surface area (TPSA) is 64.0 Å². The van der Waals surface area contributed by atoms with Crippen LogP contribution in [-0.2, 0) is 4.79 Å². The predicted molar refractivity (Wildman–Crippen MR) is 135 cm³/mol. The van der Waals surface area contributed by atoms with Crippen molar-refractivity contribution in [2.24, 2.45) is 0 Å². The van der Waals surface area contributed by atoms with Gasteiger partial charge in [0.15, 0.2) is 5.16 Å². The maximum Gasteiger partial charge on any atom is 0.276 e. The Morgan fingerprint density at radius 3 is 2.56 bits per heavy atom. The molecule has 7 heteroatoms. The molecule has 2 aromatic carbocycles. The van der Waals surface area contributed by atoms with E-state index in [0.717, 1.165) is 22.5 Å². The molecule has 4 aromatic rings. The summed E-state index contributed by atoms with van der Waals surface area (Å²) in [6.07, 6.45) is 0. The molecule has 0 atom stereocenters. The minimum absolute atomic E-state index is 0.107. The van der Waals surface area contributed by atoms with E-state index in [0.29, 0.717) is 21.3 Å². The van der Waals surface area contributed by atoms with Crippen LogP contribution in [-0.4, -0.2) is 21.2 Å². The van der Waals surface area contributed by atoms with E-state index in [4.69, 9.17) is 4.98 Å². The second-order valence-electron chi connectivity index (χ2n) is 8.07. The quantitative estimate of drug-likeness (QED) is 0.285. The summed E-state index contributed by atoms with van der Waals surface area (Å²) in [4.78, 5) is 30.6. The molecule has 164 valence electrons. The van der Waals surface area contributed by atoms with Crippen LogP contribution in [0.15, 0.2) is 63.9 Å². The molecule has 0 saturated heterocycles. The smallest absolute Gasteiger partial charge is 0.276 e. The van der Waals surface area contributed by atoms with Gasteiger partial charge in [0.25, 0.3) is 5.56 Å². The number of hydrogen-bond acceptors (Lipinski definition) is 5. The Morgan fingerprint density at radius 1 is 1.12 bits per heavy atom. The second kappa shape index (κ2) is 9.30. The summed E-state index contributed by atoms with van der Waals surface area (Å²) in [5.74, 6) is 0.452. The molecule has 0 aliphatic heterocycles. The number of thiophene rings is 1. The first-order valence-corrected chi connectivity index (χ1v) is 12.3. The molecule has 1 amide bonds. The third-order valence-electron chi connectivity index (χ3n) is 5.24. The number of aryl methyl sites for hydroxylation is 2. The van der Waals surface area contributed by atoms with Crippen LogP contribution in [0.1, 0.15) is 36.5 Å². The predicted octanol–water partition coefficient (Wildman–Crippen LogP) is 5.92. The Morgan fingerprint density at radius 2 is 1.88 bits per heavy atom. The molecule has 32 heavy (non-hydrogen) atoms. The zero-order valence-corrected chi connectivity index (χ0v) is 20.1. The summed E-state index contributed by atoms with van der Waals surface area (Å²) in [6.45, 7) is 8.27. The van der Waals surface area contributed by atoms with Crippen molar-refractivity contribution in [1.29, 1.82) is 0 Å². The fraction of sp³-hybridized carbons (Fsp3) is 0.240. The first-order chi connectivity index (χ1) is 15.3. The zero-order valence-electron chi connectivity index (χ0n) is 18.5. The van der Waals surface area contributed by atoms with E-state index < -0.39 is 0 Å². The molecule has 0 aliphatic rings. The number of benzene rings is 2. The highest BCUT2D eigenvalue weighted by Crippen LogP contribution is 2.26. The first kappa shape index (κ1) is 22.3. The van der Waals surface area contributed by atoms with E-state index in [1.807, 2.05) is 67.8 Å². The van der Waals surface area contributed by atoms with Gasteiger partial charge in [0, 0.05) is 5.69 Å². The molecule has 0 bridgehead atoms.